The van der Waals surface area contributed by atoms with Gasteiger partial charge >= 0.3 is 0 Å². The van der Waals surface area contributed by atoms with Crippen molar-refractivity contribution >= 4 is 17.2 Å². The standard InChI is InChI=1S/C27H33N5O2S/c28-20-27(10-8-23(9-11-27)22-6-2-1-3-7-22)34-17-5-13-31-12-4-14-32(16-15-31)26(33)25(29)18-24-19-35-21-30-24/h1-3,6-11,19,21,23,25H,4-5,12-18,29H2/t23?,25-,27?/m1/s1. The lowest BCUT2D eigenvalue weighted by Gasteiger charge is -2.26. The number of allylic oxidation sites excluding steroid dienone is 2. The van der Waals surface area contributed by atoms with Crippen molar-refractivity contribution in [2.24, 2.45) is 5.73 Å². The number of nitrogens with zero attached hydrogens (tertiary/aromatic N) is 4. The Kier molecular flexibility index (Phi) is 8.83. The van der Waals surface area contributed by atoms with Crippen LogP contribution in [0.4, 0.5) is 0 Å². The summed E-state index contributed by atoms with van der Waals surface area (Å²) < 4.78 is 6.02. The van der Waals surface area contributed by atoms with Gasteiger partial charge in [0.15, 0.2) is 5.60 Å². The number of carbonyl (C=O) groups is 1. The molecule has 0 radical (unpaired) electrons. The third-order valence-electron chi connectivity index (χ3n) is 6.55. The van der Waals surface area contributed by atoms with Crippen LogP contribution < -0.4 is 5.73 Å². The van der Waals surface area contributed by atoms with Crippen LogP contribution in [0.3, 0.4) is 0 Å². The predicted octanol–water partition coefficient (Wildman–Crippen LogP) is 3.13. The predicted molar refractivity (Wildman–Crippen MR) is 138 cm³/mol. The number of nitriles is 1. The maximum absolute atomic E-state index is 12.8. The fourth-order valence-corrected chi connectivity index (χ4v) is 5.11. The monoisotopic (exact) mass is 491 g/mol. The Hall–Kier alpha value is -2.83. The molecule has 0 bridgehead atoms. The topological polar surface area (TPSA) is 95.5 Å². The van der Waals surface area contributed by atoms with Gasteiger partial charge in [-0.2, -0.15) is 5.26 Å². The van der Waals surface area contributed by atoms with Crippen LogP contribution in [0.2, 0.25) is 0 Å². The van der Waals surface area contributed by atoms with E-state index in [0.29, 0.717) is 19.6 Å². The number of rotatable bonds is 9. The Labute approximate surface area is 211 Å². The lowest BCUT2D eigenvalue weighted by Crippen LogP contribution is -2.46. The van der Waals surface area contributed by atoms with Crippen LogP contribution in [0.15, 0.2) is 65.5 Å². The molecule has 2 heterocycles. The first-order chi connectivity index (χ1) is 17.1. The molecule has 2 aromatic rings. The Morgan fingerprint density at radius 3 is 2.74 bits per heavy atom. The highest BCUT2D eigenvalue weighted by atomic mass is 32.1. The average molecular weight is 492 g/mol. The van der Waals surface area contributed by atoms with Gasteiger partial charge in [-0.3, -0.25) is 4.79 Å². The maximum Gasteiger partial charge on any atom is 0.239 e. The number of nitrogens with two attached hydrogens (primary N) is 1. The molecular weight excluding hydrogens is 458 g/mol. The van der Waals surface area contributed by atoms with Crippen LogP contribution in [0.1, 0.15) is 30.0 Å². The van der Waals surface area contributed by atoms with Crippen molar-refractivity contribution in [1.82, 2.24) is 14.8 Å². The molecule has 2 aliphatic rings. The first-order valence-electron chi connectivity index (χ1n) is 12.2. The lowest BCUT2D eigenvalue weighted by atomic mass is 9.89. The Bertz CT molecular complexity index is 1030. The molecule has 184 valence electrons. The summed E-state index contributed by atoms with van der Waals surface area (Å²) in [5.74, 6) is 0.169. The number of hydrogen-bond donors (Lipinski definition) is 1. The second kappa shape index (κ2) is 12.2. The number of amides is 1. The summed E-state index contributed by atoms with van der Waals surface area (Å²) in [6.07, 6.45) is 10.0. The van der Waals surface area contributed by atoms with E-state index in [1.165, 1.54) is 16.9 Å². The molecule has 1 amide bonds. The smallest absolute Gasteiger partial charge is 0.239 e. The molecule has 1 fully saturated rings. The van der Waals surface area contributed by atoms with Crippen LogP contribution in [0, 0.1) is 11.3 Å². The zero-order valence-electron chi connectivity index (χ0n) is 20.0. The number of carbonyl (C=O) groups excluding carboxylic acids is 1. The van der Waals surface area contributed by atoms with Crippen molar-refractivity contribution in [1.29, 1.82) is 5.26 Å². The van der Waals surface area contributed by atoms with E-state index in [1.54, 1.807) is 5.51 Å². The van der Waals surface area contributed by atoms with E-state index in [4.69, 9.17) is 10.5 Å². The van der Waals surface area contributed by atoms with Gasteiger partial charge in [0.1, 0.15) is 6.07 Å². The van der Waals surface area contributed by atoms with Gasteiger partial charge < -0.3 is 20.3 Å². The van der Waals surface area contributed by atoms with Gasteiger partial charge in [0, 0.05) is 43.9 Å². The maximum atomic E-state index is 12.8. The number of aromatic nitrogens is 1. The number of thiazole rings is 1. The summed E-state index contributed by atoms with van der Waals surface area (Å²) in [5.41, 5.74) is 9.01. The Balaban J connectivity index is 1.19. The third kappa shape index (κ3) is 6.86. The van der Waals surface area contributed by atoms with Gasteiger partial charge in [-0.1, -0.05) is 42.5 Å². The average Bonchev–Trinajstić information content (AvgIpc) is 3.30. The molecule has 1 saturated heterocycles. The van der Waals surface area contributed by atoms with Gasteiger partial charge in [-0.15, -0.1) is 11.3 Å². The highest BCUT2D eigenvalue weighted by Gasteiger charge is 2.28. The van der Waals surface area contributed by atoms with Gasteiger partial charge in [-0.25, -0.2) is 4.98 Å². The summed E-state index contributed by atoms with van der Waals surface area (Å²) in [5, 5.41) is 11.7. The van der Waals surface area contributed by atoms with Crippen LogP contribution in [-0.4, -0.2) is 71.7 Å². The SMILES string of the molecule is N#CC1(OCCCN2CCCN(C(=O)[C@H](N)Cc3cscn3)CC2)C=CC(c2ccccc2)C=C1. The molecule has 1 aromatic heterocycles. The van der Waals surface area contributed by atoms with Crippen LogP contribution in [0.25, 0.3) is 0 Å². The minimum absolute atomic E-state index is 0.00354. The zero-order valence-corrected chi connectivity index (χ0v) is 20.8. The Morgan fingerprint density at radius 1 is 1.23 bits per heavy atom. The van der Waals surface area contributed by atoms with E-state index >= 15 is 0 Å². The molecule has 4 rings (SSSR count). The minimum Gasteiger partial charge on any atom is -0.353 e. The molecule has 1 atom stereocenters. The summed E-state index contributed by atoms with van der Waals surface area (Å²) in [4.78, 5) is 21.3. The molecule has 0 unspecified atom stereocenters. The van der Waals surface area contributed by atoms with Crippen molar-refractivity contribution in [2.45, 2.75) is 36.8 Å². The van der Waals surface area contributed by atoms with Crippen molar-refractivity contribution in [3.8, 4) is 6.07 Å². The molecular formula is C27H33N5O2S. The minimum atomic E-state index is -0.999. The van der Waals surface area contributed by atoms with E-state index in [1.807, 2.05) is 52.8 Å². The first kappa shape index (κ1) is 25.3. The fraction of sp³-hybridized carbons (Fsp3) is 0.444. The van der Waals surface area contributed by atoms with Gasteiger partial charge in [0.25, 0.3) is 0 Å². The van der Waals surface area contributed by atoms with E-state index < -0.39 is 11.6 Å². The lowest BCUT2D eigenvalue weighted by molar-refractivity contribution is -0.132. The molecule has 35 heavy (non-hydrogen) atoms. The molecule has 7 nitrogen and oxygen atoms in total. The van der Waals surface area contributed by atoms with E-state index in [0.717, 1.165) is 44.7 Å². The van der Waals surface area contributed by atoms with Crippen molar-refractivity contribution < 1.29 is 9.53 Å². The summed E-state index contributed by atoms with van der Waals surface area (Å²) >= 11 is 1.52. The first-order valence-corrected chi connectivity index (χ1v) is 13.2. The molecule has 0 spiro atoms. The van der Waals surface area contributed by atoms with Gasteiger partial charge in [-0.05, 0) is 37.1 Å². The second-order valence-electron chi connectivity index (χ2n) is 9.07. The van der Waals surface area contributed by atoms with Gasteiger partial charge in [0.05, 0.1) is 23.9 Å². The van der Waals surface area contributed by atoms with E-state index in [-0.39, 0.29) is 11.8 Å². The van der Waals surface area contributed by atoms with Crippen molar-refractivity contribution in [3.05, 3.63) is 76.8 Å². The third-order valence-corrected chi connectivity index (χ3v) is 7.19. The Morgan fingerprint density at radius 2 is 2.03 bits per heavy atom. The largest absolute Gasteiger partial charge is 0.353 e. The molecule has 2 N–H and O–H groups in total. The van der Waals surface area contributed by atoms with Crippen LogP contribution in [0.5, 0.6) is 0 Å². The molecule has 1 aromatic carbocycles. The summed E-state index contributed by atoms with van der Waals surface area (Å²) in [6, 6.07) is 12.0. The quantitative estimate of drug-likeness (QED) is 0.428. The van der Waals surface area contributed by atoms with Crippen LogP contribution in [-0.2, 0) is 16.0 Å². The zero-order chi connectivity index (χ0) is 24.5. The molecule has 1 aliphatic carbocycles. The normalized spacial score (nSPS) is 23.5. The molecule has 8 heteroatoms. The van der Waals surface area contributed by atoms with Gasteiger partial charge in [0.2, 0.25) is 5.91 Å². The van der Waals surface area contributed by atoms with Crippen LogP contribution >= 0.6 is 11.3 Å². The second-order valence-corrected chi connectivity index (χ2v) is 9.79. The summed E-state index contributed by atoms with van der Waals surface area (Å²) in [7, 11) is 0. The number of benzene rings is 1. The van der Waals surface area contributed by atoms with Crippen molar-refractivity contribution in [2.75, 3.05) is 39.3 Å². The van der Waals surface area contributed by atoms with E-state index in [2.05, 4.69) is 28.1 Å². The van der Waals surface area contributed by atoms with E-state index in [9.17, 15) is 10.1 Å². The molecule has 1 aliphatic heterocycles. The highest BCUT2D eigenvalue weighted by Crippen LogP contribution is 2.28. The highest BCUT2D eigenvalue weighted by molar-refractivity contribution is 7.07. The number of ether oxygens (including phenoxy) is 1. The number of hydrogen-bond acceptors (Lipinski definition) is 7. The van der Waals surface area contributed by atoms with Crippen molar-refractivity contribution in [3.63, 3.8) is 0 Å². The summed E-state index contributed by atoms with van der Waals surface area (Å²) in [6.45, 7) is 4.53. The molecule has 0 saturated carbocycles. The fourth-order valence-electron chi connectivity index (χ4n) is 4.54.